The topological polar surface area (TPSA) is 0 Å². The van der Waals surface area contributed by atoms with E-state index in [0.29, 0.717) is 0 Å². The van der Waals surface area contributed by atoms with Crippen molar-refractivity contribution in [2.45, 2.75) is 90.3 Å². The summed E-state index contributed by atoms with van der Waals surface area (Å²) in [4.78, 5) is 0. The van der Waals surface area contributed by atoms with E-state index in [0.717, 1.165) is 12.8 Å². The first-order valence-electron chi connectivity index (χ1n) is 16.0. The largest absolute Gasteiger partial charge is 0.0811 e. The lowest BCUT2D eigenvalue weighted by atomic mass is 9.62. The molecule has 0 heterocycles. The van der Waals surface area contributed by atoms with E-state index in [4.69, 9.17) is 0 Å². The van der Waals surface area contributed by atoms with Crippen LogP contribution in [0.2, 0.25) is 19.6 Å². The van der Waals surface area contributed by atoms with Crippen molar-refractivity contribution in [1.82, 2.24) is 0 Å². The van der Waals surface area contributed by atoms with Crippen molar-refractivity contribution in [2.24, 2.45) is 0 Å². The Kier molecular flexibility index (Phi) is 7.13. The standard InChI is InChI=1S/C42H48Si/c1-40(2,3)32-21-20-29-24-38-37(36(29)26-32)27-34(41(4,5)6)28-39(38)42(30-16-12-10-13-17-30,31-18-14-11-15-19-31)33-22-23-35(25-33)43(7,8)9/h10-21,23,25-28H,22,24H2,1-9H3. The molecule has 0 atom stereocenters. The molecule has 1 heteroatoms. The van der Waals surface area contributed by atoms with Gasteiger partial charge in [0.15, 0.2) is 0 Å². The summed E-state index contributed by atoms with van der Waals surface area (Å²) in [5.41, 5.74) is 14.0. The van der Waals surface area contributed by atoms with E-state index < -0.39 is 8.07 Å². The van der Waals surface area contributed by atoms with Gasteiger partial charge in [-0.15, -0.1) is 0 Å². The van der Waals surface area contributed by atoms with Crippen LogP contribution in [-0.2, 0) is 22.7 Å². The van der Waals surface area contributed by atoms with Gasteiger partial charge in [-0.3, -0.25) is 0 Å². The van der Waals surface area contributed by atoms with Gasteiger partial charge < -0.3 is 0 Å². The van der Waals surface area contributed by atoms with Gasteiger partial charge in [-0.05, 0) is 79.3 Å². The summed E-state index contributed by atoms with van der Waals surface area (Å²) in [5, 5.41) is 1.57. The van der Waals surface area contributed by atoms with Crippen molar-refractivity contribution in [3.8, 4) is 11.1 Å². The minimum absolute atomic E-state index is 0.0130. The fraction of sp³-hybridized carbons (Fsp3) is 0.333. The highest BCUT2D eigenvalue weighted by atomic mass is 28.3. The first-order valence-corrected chi connectivity index (χ1v) is 19.5. The third kappa shape index (κ3) is 5.10. The second-order valence-electron chi connectivity index (χ2n) is 15.9. The quantitative estimate of drug-likeness (QED) is 0.143. The van der Waals surface area contributed by atoms with E-state index in [-0.39, 0.29) is 16.2 Å². The average Bonchev–Trinajstić information content (AvgIpc) is 3.59. The maximum Gasteiger partial charge on any atom is 0.0771 e. The van der Waals surface area contributed by atoms with Crippen LogP contribution in [0.25, 0.3) is 11.1 Å². The van der Waals surface area contributed by atoms with Crippen LogP contribution in [0.5, 0.6) is 0 Å². The van der Waals surface area contributed by atoms with E-state index >= 15 is 0 Å². The lowest BCUT2D eigenvalue weighted by molar-refractivity contribution is 0.586. The van der Waals surface area contributed by atoms with E-state index in [2.05, 4.69) is 164 Å². The Hall–Kier alpha value is -3.42. The van der Waals surface area contributed by atoms with E-state index in [1.165, 1.54) is 55.6 Å². The Morgan fingerprint density at radius 1 is 0.581 bits per heavy atom. The maximum atomic E-state index is 2.60. The smallest absolute Gasteiger partial charge is 0.0771 e. The molecule has 0 amide bonds. The van der Waals surface area contributed by atoms with Crippen LogP contribution in [0.1, 0.15) is 86.9 Å². The molecule has 4 aromatic rings. The summed E-state index contributed by atoms with van der Waals surface area (Å²) < 4.78 is 0. The molecule has 43 heavy (non-hydrogen) atoms. The molecule has 220 valence electrons. The molecule has 0 bridgehead atoms. The zero-order chi connectivity index (χ0) is 30.8. The Morgan fingerprint density at radius 3 is 1.65 bits per heavy atom. The second kappa shape index (κ2) is 10.3. The summed E-state index contributed by atoms with van der Waals surface area (Å²) in [6, 6.07) is 35.1. The molecule has 6 rings (SSSR count). The zero-order valence-electron chi connectivity index (χ0n) is 27.7. The highest BCUT2D eigenvalue weighted by Crippen LogP contribution is 2.54. The molecular weight excluding hydrogens is 533 g/mol. The van der Waals surface area contributed by atoms with Crippen LogP contribution in [0.4, 0.5) is 0 Å². The first kappa shape index (κ1) is 29.6. The summed E-state index contributed by atoms with van der Waals surface area (Å²) >= 11 is 0. The van der Waals surface area contributed by atoms with Gasteiger partial charge in [0.05, 0.1) is 13.5 Å². The van der Waals surface area contributed by atoms with Gasteiger partial charge in [-0.1, -0.05) is 170 Å². The van der Waals surface area contributed by atoms with Crippen LogP contribution < -0.4 is 0 Å². The van der Waals surface area contributed by atoms with E-state index in [1.807, 2.05) is 0 Å². The van der Waals surface area contributed by atoms with Crippen LogP contribution in [0.15, 0.2) is 114 Å². The molecule has 2 aliphatic rings. The van der Waals surface area contributed by atoms with Gasteiger partial charge >= 0.3 is 0 Å². The molecule has 0 aromatic heterocycles. The van der Waals surface area contributed by atoms with Crippen molar-refractivity contribution in [3.63, 3.8) is 0 Å². The van der Waals surface area contributed by atoms with Gasteiger partial charge in [0, 0.05) is 0 Å². The van der Waals surface area contributed by atoms with E-state index in [9.17, 15) is 0 Å². The van der Waals surface area contributed by atoms with Crippen LogP contribution >= 0.6 is 0 Å². The minimum Gasteiger partial charge on any atom is -0.0811 e. The lowest BCUT2D eigenvalue weighted by Gasteiger charge is -2.40. The molecule has 0 spiro atoms. The predicted molar refractivity (Wildman–Crippen MR) is 189 cm³/mol. The van der Waals surface area contributed by atoms with Crippen molar-refractivity contribution >= 4 is 8.07 Å². The number of hydrogen-bond acceptors (Lipinski definition) is 0. The fourth-order valence-corrected chi connectivity index (χ4v) is 8.54. The molecule has 0 unspecified atom stereocenters. The molecule has 0 saturated heterocycles. The molecular formula is C42H48Si. The van der Waals surface area contributed by atoms with Crippen LogP contribution in [0.3, 0.4) is 0 Å². The number of hydrogen-bond donors (Lipinski definition) is 0. The van der Waals surface area contributed by atoms with Crippen molar-refractivity contribution in [3.05, 3.63) is 153 Å². The van der Waals surface area contributed by atoms with Gasteiger partial charge in [0.1, 0.15) is 0 Å². The first-order chi connectivity index (χ1) is 20.2. The van der Waals surface area contributed by atoms with Crippen molar-refractivity contribution in [2.75, 3.05) is 0 Å². The Balaban J connectivity index is 1.75. The van der Waals surface area contributed by atoms with Crippen LogP contribution in [-0.4, -0.2) is 8.07 Å². The molecule has 2 aliphatic carbocycles. The molecule has 0 saturated carbocycles. The number of rotatable bonds is 5. The Labute approximate surface area is 261 Å². The molecule has 0 fully saturated rings. The monoisotopic (exact) mass is 580 g/mol. The highest BCUT2D eigenvalue weighted by Gasteiger charge is 2.44. The third-order valence-electron chi connectivity index (χ3n) is 9.79. The van der Waals surface area contributed by atoms with Gasteiger partial charge in [0.25, 0.3) is 0 Å². The molecule has 0 aliphatic heterocycles. The summed E-state index contributed by atoms with van der Waals surface area (Å²) in [7, 11) is -1.50. The predicted octanol–water partition coefficient (Wildman–Crippen LogP) is 11.3. The summed E-state index contributed by atoms with van der Waals surface area (Å²) in [6.45, 7) is 21.5. The minimum atomic E-state index is -1.50. The Morgan fingerprint density at radius 2 is 1.14 bits per heavy atom. The van der Waals surface area contributed by atoms with E-state index in [1.54, 1.807) is 5.20 Å². The van der Waals surface area contributed by atoms with Crippen molar-refractivity contribution < 1.29 is 0 Å². The van der Waals surface area contributed by atoms with Crippen LogP contribution in [0, 0.1) is 0 Å². The SMILES string of the molecule is CC(C)(C)c1ccc2c(c1)-c1cc(C(C)(C)C)cc(C(C3=CC([Si](C)(C)C)=CC3)(c3ccccc3)c3ccccc3)c1C2. The molecule has 0 radical (unpaired) electrons. The Bertz CT molecular complexity index is 1690. The molecule has 0 nitrogen and oxygen atoms in total. The van der Waals surface area contributed by atoms with Gasteiger partial charge in [-0.2, -0.15) is 0 Å². The summed E-state index contributed by atoms with van der Waals surface area (Å²) in [6.07, 6.45) is 7.10. The fourth-order valence-electron chi connectivity index (χ4n) is 7.22. The molecule has 4 aromatic carbocycles. The highest BCUT2D eigenvalue weighted by molar-refractivity contribution is 6.83. The zero-order valence-corrected chi connectivity index (χ0v) is 28.7. The van der Waals surface area contributed by atoms with Crippen molar-refractivity contribution in [1.29, 1.82) is 0 Å². The number of benzene rings is 4. The normalized spacial score (nSPS) is 15.2. The van der Waals surface area contributed by atoms with Gasteiger partial charge in [0.2, 0.25) is 0 Å². The number of fused-ring (bicyclic) bond motifs is 3. The third-order valence-corrected chi connectivity index (χ3v) is 11.9. The van der Waals surface area contributed by atoms with Gasteiger partial charge in [-0.25, -0.2) is 0 Å². The number of allylic oxidation sites excluding steroid dienone is 4. The maximum absolute atomic E-state index is 2.60. The summed E-state index contributed by atoms with van der Waals surface area (Å²) in [5.74, 6) is 0. The lowest BCUT2D eigenvalue weighted by Crippen LogP contribution is -2.33. The molecule has 0 N–H and O–H groups in total. The average molecular weight is 581 g/mol. The second-order valence-corrected chi connectivity index (χ2v) is 20.9.